The van der Waals surface area contributed by atoms with Gasteiger partial charge in [0.1, 0.15) is 0 Å². The number of Topliss-reactive ketones (excluding diaryl/α,β-unsaturated/α-hetero) is 1. The molecule has 5 nitrogen and oxygen atoms in total. The van der Waals surface area contributed by atoms with Crippen LogP contribution in [0.2, 0.25) is 0 Å². The molecule has 0 fully saturated rings. The Hall–Kier alpha value is -1.48. The number of nitrogens with zero attached hydrogens (tertiary/aromatic N) is 2. The predicted octanol–water partition coefficient (Wildman–Crippen LogP) is 0.588. The number of hydrogen-bond acceptors (Lipinski definition) is 3. The van der Waals surface area contributed by atoms with Crippen LogP contribution < -0.4 is 0 Å². The lowest BCUT2D eigenvalue weighted by atomic mass is 10.2. The standard InChI is InChI=1S/C8H12N2O3/c1-4-6(11)7(10-9)8(12)13-5(2)3/h5H,4H2,1-3H3. The molecule has 0 aliphatic heterocycles. The van der Waals surface area contributed by atoms with Crippen molar-refractivity contribution in [3.63, 3.8) is 0 Å². The van der Waals surface area contributed by atoms with E-state index < -0.39 is 17.5 Å². The van der Waals surface area contributed by atoms with Gasteiger partial charge in [-0.05, 0) is 13.8 Å². The third kappa shape index (κ3) is 3.62. The van der Waals surface area contributed by atoms with Gasteiger partial charge in [-0.1, -0.05) is 6.92 Å². The van der Waals surface area contributed by atoms with Crippen molar-refractivity contribution in [2.75, 3.05) is 0 Å². The predicted molar refractivity (Wildman–Crippen MR) is 45.2 cm³/mol. The molecule has 0 aromatic rings. The summed E-state index contributed by atoms with van der Waals surface area (Å²) in [5, 5.41) is 0. The number of esters is 1. The van der Waals surface area contributed by atoms with E-state index in [1.165, 1.54) is 0 Å². The van der Waals surface area contributed by atoms with Crippen molar-refractivity contribution in [2.24, 2.45) is 0 Å². The molecule has 5 heteroatoms. The highest BCUT2D eigenvalue weighted by Gasteiger charge is 2.29. The summed E-state index contributed by atoms with van der Waals surface area (Å²) in [6.45, 7) is 4.85. The number of carbonyl (C=O) groups excluding carboxylic acids is 2. The summed E-state index contributed by atoms with van der Waals surface area (Å²) in [6.07, 6.45) is -0.235. The van der Waals surface area contributed by atoms with E-state index in [4.69, 9.17) is 5.53 Å². The van der Waals surface area contributed by atoms with E-state index in [1.807, 2.05) is 0 Å². The van der Waals surface area contributed by atoms with Crippen molar-refractivity contribution in [1.29, 1.82) is 0 Å². The summed E-state index contributed by atoms with van der Waals surface area (Å²) in [6, 6.07) is 0. The first-order chi connectivity index (χ1) is 6.02. The largest absolute Gasteiger partial charge is 0.454 e. The van der Waals surface area contributed by atoms with Gasteiger partial charge in [0.2, 0.25) is 0 Å². The Labute approximate surface area is 76.3 Å². The average molecular weight is 184 g/mol. The van der Waals surface area contributed by atoms with E-state index in [0.29, 0.717) is 0 Å². The molecule has 0 unspecified atom stereocenters. The van der Waals surface area contributed by atoms with Gasteiger partial charge in [-0.25, -0.2) is 4.79 Å². The van der Waals surface area contributed by atoms with Crippen LogP contribution in [0, 0.1) is 0 Å². The summed E-state index contributed by atoms with van der Waals surface area (Å²) >= 11 is 0. The lowest BCUT2D eigenvalue weighted by Crippen LogP contribution is -2.28. The van der Waals surface area contributed by atoms with Gasteiger partial charge in [0, 0.05) is 6.42 Å². The van der Waals surface area contributed by atoms with Crippen molar-refractivity contribution < 1.29 is 19.1 Å². The zero-order valence-electron chi connectivity index (χ0n) is 7.90. The molecule has 0 amide bonds. The highest BCUT2D eigenvalue weighted by molar-refractivity contribution is 6.62. The van der Waals surface area contributed by atoms with E-state index in [9.17, 15) is 9.59 Å². The number of carbonyl (C=O) groups is 2. The number of rotatable bonds is 4. The summed E-state index contributed by atoms with van der Waals surface area (Å²) < 4.78 is 4.68. The normalized spacial score (nSPS) is 9.23. The summed E-state index contributed by atoms with van der Waals surface area (Å²) in [5.74, 6) is -1.42. The quantitative estimate of drug-likeness (QED) is 0.211. The second-order valence-electron chi connectivity index (χ2n) is 2.68. The zero-order valence-corrected chi connectivity index (χ0v) is 7.90. The molecule has 0 atom stereocenters. The Morgan fingerprint density at radius 3 is 2.31 bits per heavy atom. The third-order valence-corrected chi connectivity index (χ3v) is 1.22. The minimum absolute atomic E-state index is 0.104. The molecule has 0 bridgehead atoms. The number of ether oxygens (including phenoxy) is 1. The molecule has 0 radical (unpaired) electrons. The summed E-state index contributed by atoms with van der Waals surface area (Å²) in [5.41, 5.74) is 7.83. The summed E-state index contributed by atoms with van der Waals surface area (Å²) in [7, 11) is 0. The van der Waals surface area contributed by atoms with E-state index >= 15 is 0 Å². The van der Waals surface area contributed by atoms with Gasteiger partial charge in [0.05, 0.1) is 6.10 Å². The van der Waals surface area contributed by atoms with Crippen molar-refractivity contribution >= 4 is 17.5 Å². The Bertz CT molecular complexity index is 265. The molecule has 0 aromatic carbocycles. The van der Waals surface area contributed by atoms with E-state index in [0.717, 1.165) is 0 Å². The van der Waals surface area contributed by atoms with Crippen molar-refractivity contribution in [2.45, 2.75) is 33.3 Å². The highest BCUT2D eigenvalue weighted by atomic mass is 16.5. The maximum atomic E-state index is 11.1. The van der Waals surface area contributed by atoms with E-state index in [2.05, 4.69) is 9.53 Å². The smallest absolute Gasteiger partial charge is 0.441 e. The minimum Gasteiger partial charge on any atom is -0.454 e. The van der Waals surface area contributed by atoms with E-state index in [-0.39, 0.29) is 12.5 Å². The lowest BCUT2D eigenvalue weighted by molar-refractivity contribution is -0.145. The van der Waals surface area contributed by atoms with Gasteiger partial charge in [0.25, 0.3) is 5.78 Å². The molecule has 13 heavy (non-hydrogen) atoms. The first kappa shape index (κ1) is 11.5. The van der Waals surface area contributed by atoms with Crippen LogP contribution in [0.3, 0.4) is 0 Å². The molecular weight excluding hydrogens is 172 g/mol. The fraction of sp³-hybridized carbons (Fsp3) is 0.625. The van der Waals surface area contributed by atoms with Crippen LogP contribution in [-0.2, 0) is 14.3 Å². The van der Waals surface area contributed by atoms with Crippen LogP contribution in [0.1, 0.15) is 27.2 Å². The SMILES string of the molecule is CCC(=O)C(=[N+]=[N-])C(=O)OC(C)C. The van der Waals surface area contributed by atoms with Crippen LogP contribution in [0.15, 0.2) is 0 Å². The Morgan fingerprint density at radius 2 is 2.00 bits per heavy atom. The molecule has 0 aliphatic carbocycles. The van der Waals surface area contributed by atoms with Crippen LogP contribution in [0.25, 0.3) is 5.53 Å². The molecule has 0 saturated carbocycles. The second-order valence-corrected chi connectivity index (χ2v) is 2.68. The fourth-order valence-electron chi connectivity index (χ4n) is 0.648. The molecule has 0 aliphatic rings. The third-order valence-electron chi connectivity index (χ3n) is 1.22. The van der Waals surface area contributed by atoms with Crippen molar-refractivity contribution in [3.8, 4) is 0 Å². The van der Waals surface area contributed by atoms with Gasteiger partial charge < -0.3 is 10.3 Å². The molecule has 0 saturated heterocycles. The summed E-state index contributed by atoms with van der Waals surface area (Å²) in [4.78, 5) is 24.6. The minimum atomic E-state index is -0.885. The molecule has 0 heterocycles. The fourth-order valence-corrected chi connectivity index (χ4v) is 0.648. The van der Waals surface area contributed by atoms with Crippen LogP contribution in [-0.4, -0.2) is 28.4 Å². The van der Waals surface area contributed by atoms with Crippen LogP contribution in [0.5, 0.6) is 0 Å². The average Bonchev–Trinajstić information content (AvgIpc) is 2.03. The van der Waals surface area contributed by atoms with Crippen molar-refractivity contribution in [3.05, 3.63) is 5.53 Å². The Morgan fingerprint density at radius 1 is 1.46 bits per heavy atom. The van der Waals surface area contributed by atoms with Crippen LogP contribution in [0.4, 0.5) is 0 Å². The van der Waals surface area contributed by atoms with Crippen molar-refractivity contribution in [1.82, 2.24) is 0 Å². The van der Waals surface area contributed by atoms with Gasteiger partial charge >= 0.3 is 11.7 Å². The van der Waals surface area contributed by atoms with E-state index in [1.54, 1.807) is 20.8 Å². The number of hydrogen-bond donors (Lipinski definition) is 0. The first-order valence-corrected chi connectivity index (χ1v) is 3.99. The highest BCUT2D eigenvalue weighted by Crippen LogP contribution is 1.93. The first-order valence-electron chi connectivity index (χ1n) is 3.99. The lowest BCUT2D eigenvalue weighted by Gasteiger charge is -2.03. The Kier molecular flexibility index (Phi) is 4.62. The Balaban J connectivity index is 4.54. The molecule has 0 spiro atoms. The van der Waals surface area contributed by atoms with Gasteiger partial charge in [-0.15, -0.1) is 0 Å². The molecule has 72 valence electrons. The topological polar surface area (TPSA) is 79.8 Å². The molecular formula is C8H12N2O3. The second kappa shape index (κ2) is 5.22. The molecule has 0 aromatic heterocycles. The zero-order chi connectivity index (χ0) is 10.4. The maximum Gasteiger partial charge on any atom is 0.441 e. The van der Waals surface area contributed by atoms with Gasteiger partial charge in [-0.3, -0.25) is 4.79 Å². The molecule has 0 N–H and O–H groups in total. The van der Waals surface area contributed by atoms with Gasteiger partial charge in [-0.2, -0.15) is 4.79 Å². The number of ketones is 1. The molecule has 0 rings (SSSR count). The maximum absolute atomic E-state index is 11.1. The van der Waals surface area contributed by atoms with Gasteiger partial charge in [0.15, 0.2) is 0 Å². The van der Waals surface area contributed by atoms with Crippen LogP contribution >= 0.6 is 0 Å². The monoisotopic (exact) mass is 184 g/mol.